The minimum Gasteiger partial charge on any atom is -0.396 e. The predicted octanol–water partition coefficient (Wildman–Crippen LogP) is 2.24. The maximum atomic E-state index is 13.5. The number of benzene rings is 1. The summed E-state index contributed by atoms with van der Waals surface area (Å²) in [5.74, 6) is -1.92. The van der Waals surface area contributed by atoms with E-state index in [9.17, 15) is 13.6 Å². The summed E-state index contributed by atoms with van der Waals surface area (Å²) in [6.07, 6.45) is 0.553. The number of carbonyl (C=O) groups excluding carboxylic acids is 1. The van der Waals surface area contributed by atoms with E-state index in [-0.39, 0.29) is 30.5 Å². The number of hydrogen-bond acceptors (Lipinski definition) is 3. The fraction of sp³-hybridized carbons (Fsp3) is 0.500. The summed E-state index contributed by atoms with van der Waals surface area (Å²) in [6.45, 7) is 4.50. The Morgan fingerprint density at radius 3 is 2.58 bits per heavy atom. The third-order valence-corrected chi connectivity index (χ3v) is 2.91. The molecule has 0 saturated carbocycles. The first kappa shape index (κ1) is 15.7. The molecule has 0 fully saturated rings. The van der Waals surface area contributed by atoms with Crippen molar-refractivity contribution >= 4 is 5.78 Å². The van der Waals surface area contributed by atoms with Gasteiger partial charge in [0, 0.05) is 25.3 Å². The number of aliphatic hydroxyl groups is 1. The maximum Gasteiger partial charge on any atom is 0.179 e. The van der Waals surface area contributed by atoms with E-state index in [1.165, 1.54) is 0 Å². The number of aliphatic hydroxyl groups excluding tert-OH is 1. The first-order valence-corrected chi connectivity index (χ1v) is 6.29. The van der Waals surface area contributed by atoms with Gasteiger partial charge in [-0.05, 0) is 32.4 Å². The van der Waals surface area contributed by atoms with Gasteiger partial charge in [-0.15, -0.1) is 0 Å². The van der Waals surface area contributed by atoms with Crippen molar-refractivity contribution in [3.8, 4) is 0 Å². The van der Waals surface area contributed by atoms with Crippen LogP contribution in [-0.4, -0.2) is 41.5 Å². The molecule has 1 N–H and O–H groups in total. The first-order chi connectivity index (χ1) is 8.95. The molecule has 0 atom stereocenters. The molecule has 0 aliphatic rings. The van der Waals surface area contributed by atoms with Crippen molar-refractivity contribution in [1.82, 2.24) is 4.90 Å². The van der Waals surface area contributed by atoms with Crippen molar-refractivity contribution in [3.05, 3.63) is 35.4 Å². The lowest BCUT2D eigenvalue weighted by atomic mass is 10.1. The van der Waals surface area contributed by atoms with Crippen LogP contribution < -0.4 is 0 Å². The van der Waals surface area contributed by atoms with E-state index in [1.54, 1.807) is 0 Å². The van der Waals surface area contributed by atoms with Crippen LogP contribution in [0.2, 0.25) is 0 Å². The van der Waals surface area contributed by atoms with E-state index >= 15 is 0 Å². The Balaban J connectivity index is 2.76. The summed E-state index contributed by atoms with van der Waals surface area (Å²) in [6, 6.07) is 3.06. The highest BCUT2D eigenvalue weighted by Gasteiger charge is 2.18. The summed E-state index contributed by atoms with van der Waals surface area (Å²) in [5, 5.41) is 8.81. The van der Waals surface area contributed by atoms with E-state index in [0.29, 0.717) is 19.0 Å². The van der Waals surface area contributed by atoms with Gasteiger partial charge in [0.2, 0.25) is 0 Å². The highest BCUT2D eigenvalue weighted by atomic mass is 19.1. The summed E-state index contributed by atoms with van der Waals surface area (Å²) >= 11 is 0. The third-order valence-electron chi connectivity index (χ3n) is 2.91. The Hall–Kier alpha value is -1.33. The van der Waals surface area contributed by atoms with E-state index in [4.69, 9.17) is 5.11 Å². The van der Waals surface area contributed by atoms with Gasteiger partial charge >= 0.3 is 0 Å². The van der Waals surface area contributed by atoms with Crippen molar-refractivity contribution in [2.45, 2.75) is 26.3 Å². The molecule has 0 aromatic heterocycles. The largest absolute Gasteiger partial charge is 0.396 e. The number of carbonyl (C=O) groups is 1. The van der Waals surface area contributed by atoms with Gasteiger partial charge in [-0.3, -0.25) is 9.69 Å². The second-order valence-corrected chi connectivity index (χ2v) is 4.69. The van der Waals surface area contributed by atoms with Crippen LogP contribution in [0.4, 0.5) is 8.78 Å². The second kappa shape index (κ2) is 7.31. The molecule has 5 heteroatoms. The lowest BCUT2D eigenvalue weighted by Gasteiger charge is -2.25. The molecule has 0 bridgehead atoms. The van der Waals surface area contributed by atoms with Crippen molar-refractivity contribution in [1.29, 1.82) is 0 Å². The van der Waals surface area contributed by atoms with Crippen molar-refractivity contribution < 1.29 is 18.7 Å². The van der Waals surface area contributed by atoms with Crippen molar-refractivity contribution in [2.75, 3.05) is 19.7 Å². The molecule has 1 aromatic rings. The minimum atomic E-state index is -0.837. The number of halogens is 2. The highest BCUT2D eigenvalue weighted by Crippen LogP contribution is 2.12. The van der Waals surface area contributed by atoms with Crippen LogP contribution in [0, 0.1) is 11.6 Å². The van der Waals surface area contributed by atoms with Gasteiger partial charge in [0.25, 0.3) is 0 Å². The van der Waals surface area contributed by atoms with E-state index < -0.39 is 11.6 Å². The summed E-state index contributed by atoms with van der Waals surface area (Å²) in [7, 11) is 0. The lowest BCUT2D eigenvalue weighted by molar-refractivity contribution is 0.0892. The molecule has 0 heterocycles. The molecule has 3 nitrogen and oxygen atoms in total. The molecule has 0 radical (unpaired) electrons. The summed E-state index contributed by atoms with van der Waals surface area (Å²) in [5.41, 5.74) is -0.101. The van der Waals surface area contributed by atoms with Crippen LogP contribution >= 0.6 is 0 Å². The normalized spacial score (nSPS) is 11.3. The zero-order chi connectivity index (χ0) is 14.4. The summed E-state index contributed by atoms with van der Waals surface area (Å²) in [4.78, 5) is 13.8. The predicted molar refractivity (Wildman–Crippen MR) is 69.1 cm³/mol. The molecule has 1 rings (SSSR count). The maximum absolute atomic E-state index is 13.5. The van der Waals surface area contributed by atoms with Gasteiger partial charge in [0.05, 0.1) is 12.1 Å². The van der Waals surface area contributed by atoms with E-state index in [0.717, 1.165) is 12.1 Å². The number of hydrogen-bond donors (Lipinski definition) is 1. The van der Waals surface area contributed by atoms with Crippen LogP contribution in [0.25, 0.3) is 0 Å². The molecule has 0 amide bonds. The summed E-state index contributed by atoms with van der Waals surface area (Å²) < 4.78 is 26.3. The fourth-order valence-electron chi connectivity index (χ4n) is 1.78. The molecule has 0 spiro atoms. The lowest BCUT2D eigenvalue weighted by Crippen LogP contribution is -2.37. The average molecular weight is 271 g/mol. The molecule has 0 aliphatic heterocycles. The van der Waals surface area contributed by atoms with Crippen LogP contribution in [0.3, 0.4) is 0 Å². The van der Waals surface area contributed by atoms with Gasteiger partial charge in [-0.1, -0.05) is 0 Å². The molecule has 19 heavy (non-hydrogen) atoms. The van der Waals surface area contributed by atoms with Crippen LogP contribution in [0.5, 0.6) is 0 Å². The quantitative estimate of drug-likeness (QED) is 0.773. The molecule has 0 unspecified atom stereocenters. The standard InChI is InChI=1S/C14H19F2NO2/c1-10(2)17(6-3-7-18)9-14(19)12-5-4-11(15)8-13(12)16/h4-5,8,10,18H,3,6-7,9H2,1-2H3. The van der Waals surface area contributed by atoms with Gasteiger partial charge in [0.15, 0.2) is 5.78 Å². The third kappa shape index (κ3) is 4.69. The number of nitrogens with zero attached hydrogens (tertiary/aromatic N) is 1. The average Bonchev–Trinajstić information content (AvgIpc) is 2.33. The SMILES string of the molecule is CC(C)N(CCCO)CC(=O)c1ccc(F)cc1F. The van der Waals surface area contributed by atoms with Crippen molar-refractivity contribution in [2.24, 2.45) is 0 Å². The first-order valence-electron chi connectivity index (χ1n) is 6.29. The molecule has 0 saturated heterocycles. The van der Waals surface area contributed by atoms with Crippen molar-refractivity contribution in [3.63, 3.8) is 0 Å². The van der Waals surface area contributed by atoms with Crippen LogP contribution in [0.15, 0.2) is 18.2 Å². The molecule has 0 aliphatic carbocycles. The topological polar surface area (TPSA) is 40.5 Å². The minimum absolute atomic E-state index is 0.0440. The number of ketones is 1. The van der Waals surface area contributed by atoms with Crippen LogP contribution in [-0.2, 0) is 0 Å². The monoisotopic (exact) mass is 271 g/mol. The Morgan fingerprint density at radius 2 is 2.05 bits per heavy atom. The molecular formula is C14H19F2NO2. The zero-order valence-electron chi connectivity index (χ0n) is 11.2. The fourth-order valence-corrected chi connectivity index (χ4v) is 1.78. The van der Waals surface area contributed by atoms with E-state index in [1.807, 2.05) is 18.7 Å². The van der Waals surface area contributed by atoms with Gasteiger partial charge in [-0.25, -0.2) is 8.78 Å². The van der Waals surface area contributed by atoms with Gasteiger partial charge < -0.3 is 5.11 Å². The van der Waals surface area contributed by atoms with E-state index in [2.05, 4.69) is 0 Å². The van der Waals surface area contributed by atoms with Gasteiger partial charge in [-0.2, -0.15) is 0 Å². The Kier molecular flexibility index (Phi) is 6.05. The number of rotatable bonds is 7. The number of Topliss-reactive ketones (excluding diaryl/α,β-unsaturated/α-hetero) is 1. The Labute approximate surface area is 111 Å². The Bertz CT molecular complexity index is 435. The zero-order valence-corrected chi connectivity index (χ0v) is 11.2. The highest BCUT2D eigenvalue weighted by molar-refractivity contribution is 5.97. The van der Waals surface area contributed by atoms with Gasteiger partial charge in [0.1, 0.15) is 11.6 Å². The Morgan fingerprint density at radius 1 is 1.37 bits per heavy atom. The second-order valence-electron chi connectivity index (χ2n) is 4.69. The molecular weight excluding hydrogens is 252 g/mol. The molecule has 1 aromatic carbocycles. The smallest absolute Gasteiger partial charge is 0.179 e. The molecule has 106 valence electrons. The van der Waals surface area contributed by atoms with Crippen LogP contribution in [0.1, 0.15) is 30.6 Å².